The van der Waals surface area contributed by atoms with E-state index in [0.717, 1.165) is 31.5 Å². The van der Waals surface area contributed by atoms with E-state index < -0.39 is 0 Å². The van der Waals surface area contributed by atoms with Crippen molar-refractivity contribution in [1.29, 1.82) is 0 Å². The van der Waals surface area contributed by atoms with Crippen molar-refractivity contribution < 1.29 is 0 Å². The van der Waals surface area contributed by atoms with E-state index in [1.54, 1.807) is 5.57 Å². The monoisotopic (exact) mass is 266 g/mol. The highest BCUT2D eigenvalue weighted by atomic mass is 15.1. The molecule has 0 spiro atoms. The first-order valence-corrected chi connectivity index (χ1v) is 7.91. The van der Waals surface area contributed by atoms with Gasteiger partial charge in [0.05, 0.1) is 0 Å². The average molecular weight is 266 g/mol. The van der Waals surface area contributed by atoms with Crippen LogP contribution in [0.3, 0.4) is 0 Å². The molecule has 0 aromatic rings. The van der Waals surface area contributed by atoms with Gasteiger partial charge in [-0.2, -0.15) is 0 Å². The van der Waals surface area contributed by atoms with Crippen LogP contribution >= 0.6 is 0 Å². The molecule has 19 heavy (non-hydrogen) atoms. The lowest BCUT2D eigenvalue weighted by Crippen LogP contribution is -2.37. The second-order valence-corrected chi connectivity index (χ2v) is 7.65. The number of rotatable bonds is 6. The summed E-state index contributed by atoms with van der Waals surface area (Å²) in [5.41, 5.74) is 1.99. The molecule has 2 nitrogen and oxygen atoms in total. The summed E-state index contributed by atoms with van der Waals surface area (Å²) in [7, 11) is 0. The van der Waals surface area contributed by atoms with Crippen LogP contribution in [0, 0.1) is 17.3 Å². The van der Waals surface area contributed by atoms with Crippen molar-refractivity contribution in [2.24, 2.45) is 17.3 Å². The third kappa shape index (κ3) is 6.58. The van der Waals surface area contributed by atoms with Crippen LogP contribution in [0.5, 0.6) is 0 Å². The number of nitrogens with one attached hydrogen (secondary N) is 1. The predicted molar refractivity (Wildman–Crippen MR) is 85.5 cm³/mol. The Labute approximate surface area is 120 Å². The topological polar surface area (TPSA) is 15.3 Å². The molecule has 0 aliphatic carbocycles. The quantitative estimate of drug-likeness (QED) is 0.740. The van der Waals surface area contributed by atoms with Gasteiger partial charge in [0.25, 0.3) is 0 Å². The second kappa shape index (κ2) is 7.44. The van der Waals surface area contributed by atoms with E-state index in [1.165, 1.54) is 19.5 Å². The van der Waals surface area contributed by atoms with E-state index in [2.05, 4.69) is 57.8 Å². The fourth-order valence-corrected chi connectivity index (χ4v) is 2.68. The normalized spacial score (nSPS) is 19.6. The van der Waals surface area contributed by atoms with Gasteiger partial charge in [0.1, 0.15) is 0 Å². The molecule has 1 rings (SSSR count). The van der Waals surface area contributed by atoms with Gasteiger partial charge >= 0.3 is 0 Å². The van der Waals surface area contributed by atoms with Crippen LogP contribution in [0.25, 0.3) is 0 Å². The van der Waals surface area contributed by atoms with Crippen LogP contribution < -0.4 is 5.32 Å². The first-order chi connectivity index (χ1) is 8.79. The number of hydrogen-bond donors (Lipinski definition) is 1. The predicted octanol–water partition coefficient (Wildman–Crippen LogP) is 3.55. The van der Waals surface area contributed by atoms with Crippen LogP contribution in [0.4, 0.5) is 0 Å². The Bertz CT molecular complexity index is 286. The van der Waals surface area contributed by atoms with Crippen molar-refractivity contribution in [1.82, 2.24) is 10.2 Å². The molecule has 2 heteroatoms. The summed E-state index contributed by atoms with van der Waals surface area (Å²) >= 11 is 0. The Hall–Kier alpha value is -0.340. The Kier molecular flexibility index (Phi) is 6.55. The summed E-state index contributed by atoms with van der Waals surface area (Å²) in [5.74, 6) is 1.49. The minimum Gasteiger partial charge on any atom is -0.316 e. The Balaban J connectivity index is 2.27. The van der Waals surface area contributed by atoms with Crippen LogP contribution in [0.2, 0.25) is 0 Å². The zero-order valence-electron chi connectivity index (χ0n) is 13.9. The third-order valence-electron chi connectivity index (χ3n) is 3.87. The average Bonchev–Trinajstić information content (AvgIpc) is 2.27. The molecular formula is C17H34N2. The summed E-state index contributed by atoms with van der Waals surface area (Å²) in [5, 5.41) is 3.57. The SMILES string of the molecule is CC(C)CNCC(C)CN1CC=C(C(C)(C)C)CC1. The molecule has 0 radical (unpaired) electrons. The molecule has 0 bridgehead atoms. The van der Waals surface area contributed by atoms with E-state index in [4.69, 9.17) is 0 Å². The van der Waals surface area contributed by atoms with Gasteiger partial charge in [-0.1, -0.05) is 53.2 Å². The lowest BCUT2D eigenvalue weighted by molar-refractivity contribution is 0.240. The van der Waals surface area contributed by atoms with E-state index in [9.17, 15) is 0 Å². The molecule has 1 unspecified atom stereocenters. The highest BCUT2D eigenvalue weighted by Crippen LogP contribution is 2.30. The smallest absolute Gasteiger partial charge is 0.0166 e. The van der Waals surface area contributed by atoms with Crippen molar-refractivity contribution in [2.75, 3.05) is 32.7 Å². The van der Waals surface area contributed by atoms with Gasteiger partial charge in [0.15, 0.2) is 0 Å². The van der Waals surface area contributed by atoms with Gasteiger partial charge in [-0.25, -0.2) is 0 Å². The number of nitrogens with zero attached hydrogens (tertiary/aromatic N) is 1. The molecule has 0 saturated heterocycles. The first kappa shape index (κ1) is 16.7. The molecule has 0 aromatic heterocycles. The number of hydrogen-bond acceptors (Lipinski definition) is 2. The van der Waals surface area contributed by atoms with Crippen molar-refractivity contribution in [2.45, 2.75) is 48.0 Å². The Morgan fingerprint density at radius 3 is 2.37 bits per heavy atom. The van der Waals surface area contributed by atoms with E-state index in [0.29, 0.717) is 5.41 Å². The molecule has 0 amide bonds. The van der Waals surface area contributed by atoms with Crippen LogP contribution in [-0.2, 0) is 0 Å². The lowest BCUT2D eigenvalue weighted by Gasteiger charge is -2.33. The van der Waals surface area contributed by atoms with Crippen molar-refractivity contribution in [3.63, 3.8) is 0 Å². The van der Waals surface area contributed by atoms with Gasteiger partial charge in [-0.3, -0.25) is 4.90 Å². The molecule has 0 saturated carbocycles. The minimum absolute atomic E-state index is 0.358. The van der Waals surface area contributed by atoms with Gasteiger partial charge in [-0.05, 0) is 36.8 Å². The molecule has 1 N–H and O–H groups in total. The molecular weight excluding hydrogens is 232 g/mol. The maximum atomic E-state index is 3.57. The Morgan fingerprint density at radius 2 is 1.89 bits per heavy atom. The molecule has 1 aliphatic rings. The molecule has 1 atom stereocenters. The maximum absolute atomic E-state index is 3.57. The van der Waals surface area contributed by atoms with Crippen molar-refractivity contribution in [3.05, 3.63) is 11.6 Å². The fraction of sp³-hybridized carbons (Fsp3) is 0.882. The van der Waals surface area contributed by atoms with Crippen LogP contribution in [0.15, 0.2) is 11.6 Å². The third-order valence-corrected chi connectivity index (χ3v) is 3.87. The Morgan fingerprint density at radius 1 is 1.21 bits per heavy atom. The summed E-state index contributed by atoms with van der Waals surface area (Å²) in [6.07, 6.45) is 3.70. The second-order valence-electron chi connectivity index (χ2n) is 7.65. The summed E-state index contributed by atoms with van der Waals surface area (Å²) in [6.45, 7) is 19.7. The van der Waals surface area contributed by atoms with Crippen LogP contribution in [0.1, 0.15) is 48.0 Å². The van der Waals surface area contributed by atoms with Crippen molar-refractivity contribution >= 4 is 0 Å². The molecule has 112 valence electrons. The van der Waals surface area contributed by atoms with Crippen LogP contribution in [-0.4, -0.2) is 37.6 Å². The zero-order valence-corrected chi connectivity index (χ0v) is 13.9. The van der Waals surface area contributed by atoms with Gasteiger partial charge < -0.3 is 5.32 Å². The maximum Gasteiger partial charge on any atom is 0.0166 e. The molecule has 1 heterocycles. The summed E-state index contributed by atoms with van der Waals surface area (Å²) in [4.78, 5) is 2.59. The standard InChI is InChI=1S/C17H34N2/c1-14(2)11-18-12-15(3)13-19-9-7-16(8-10-19)17(4,5)6/h7,14-15,18H,8-13H2,1-6H3. The lowest BCUT2D eigenvalue weighted by atomic mass is 9.83. The van der Waals surface area contributed by atoms with E-state index >= 15 is 0 Å². The first-order valence-electron chi connectivity index (χ1n) is 7.91. The molecule has 0 fully saturated rings. The summed E-state index contributed by atoms with van der Waals surface area (Å²) in [6, 6.07) is 0. The highest BCUT2D eigenvalue weighted by molar-refractivity contribution is 5.14. The fourth-order valence-electron chi connectivity index (χ4n) is 2.68. The highest BCUT2D eigenvalue weighted by Gasteiger charge is 2.21. The largest absolute Gasteiger partial charge is 0.316 e. The zero-order chi connectivity index (χ0) is 14.5. The van der Waals surface area contributed by atoms with Gasteiger partial charge in [0.2, 0.25) is 0 Å². The van der Waals surface area contributed by atoms with Gasteiger partial charge in [-0.15, -0.1) is 0 Å². The summed E-state index contributed by atoms with van der Waals surface area (Å²) < 4.78 is 0. The van der Waals surface area contributed by atoms with E-state index in [1.807, 2.05) is 0 Å². The molecule has 0 aromatic carbocycles. The van der Waals surface area contributed by atoms with Gasteiger partial charge in [0, 0.05) is 19.6 Å². The molecule has 1 aliphatic heterocycles. The van der Waals surface area contributed by atoms with E-state index in [-0.39, 0.29) is 0 Å². The minimum atomic E-state index is 0.358. The van der Waals surface area contributed by atoms with Crippen molar-refractivity contribution in [3.8, 4) is 0 Å².